The largest absolute Gasteiger partial charge is 0.507 e. The van der Waals surface area contributed by atoms with Crippen molar-refractivity contribution in [3.63, 3.8) is 0 Å². The predicted molar refractivity (Wildman–Crippen MR) is 63.7 cm³/mol. The Balaban J connectivity index is 3.06. The van der Waals surface area contributed by atoms with Crippen LogP contribution in [0.4, 0.5) is 0 Å². The number of phenols is 1. The van der Waals surface area contributed by atoms with Crippen LogP contribution in [0.1, 0.15) is 15.9 Å². The Hall–Kier alpha value is -1.53. The molecule has 15 heavy (non-hydrogen) atoms. The Morgan fingerprint density at radius 3 is 2.53 bits per heavy atom. The fourth-order valence-corrected chi connectivity index (χ4v) is 1.51. The van der Waals surface area contributed by atoms with E-state index in [1.807, 2.05) is 0 Å². The van der Waals surface area contributed by atoms with Crippen LogP contribution in [0.2, 0.25) is 19.6 Å². The van der Waals surface area contributed by atoms with E-state index in [0.29, 0.717) is 6.29 Å². The lowest BCUT2D eigenvalue weighted by atomic mass is 10.1. The minimum atomic E-state index is -1.39. The molecule has 78 valence electrons. The van der Waals surface area contributed by atoms with Gasteiger partial charge in [-0.3, -0.25) is 4.79 Å². The molecule has 0 bridgehead atoms. The number of aromatic hydroxyl groups is 1. The van der Waals surface area contributed by atoms with E-state index < -0.39 is 8.07 Å². The summed E-state index contributed by atoms with van der Waals surface area (Å²) >= 11 is 0. The van der Waals surface area contributed by atoms with E-state index in [-0.39, 0.29) is 11.3 Å². The summed E-state index contributed by atoms with van der Waals surface area (Å²) < 4.78 is 0. The van der Waals surface area contributed by atoms with E-state index in [0.717, 1.165) is 5.56 Å². The van der Waals surface area contributed by atoms with Gasteiger partial charge in [-0.05, 0) is 18.2 Å². The molecule has 1 aromatic carbocycles. The second-order valence-electron chi connectivity index (χ2n) is 4.39. The van der Waals surface area contributed by atoms with Gasteiger partial charge in [0.25, 0.3) is 0 Å². The molecule has 0 unspecified atom stereocenters. The van der Waals surface area contributed by atoms with E-state index in [1.165, 1.54) is 6.07 Å². The summed E-state index contributed by atoms with van der Waals surface area (Å²) in [6, 6.07) is 4.82. The summed E-state index contributed by atoms with van der Waals surface area (Å²) in [5.74, 6) is 3.03. The molecule has 0 fully saturated rings. The van der Waals surface area contributed by atoms with Crippen LogP contribution in [-0.4, -0.2) is 19.5 Å². The van der Waals surface area contributed by atoms with Crippen molar-refractivity contribution in [3.05, 3.63) is 29.3 Å². The summed E-state index contributed by atoms with van der Waals surface area (Å²) in [5, 5.41) is 9.29. The quantitative estimate of drug-likeness (QED) is 0.446. The third-order valence-electron chi connectivity index (χ3n) is 1.74. The number of benzene rings is 1. The molecule has 0 heterocycles. The zero-order valence-electron chi connectivity index (χ0n) is 9.16. The van der Waals surface area contributed by atoms with Gasteiger partial charge in [-0.15, -0.1) is 5.54 Å². The van der Waals surface area contributed by atoms with Gasteiger partial charge in [0.2, 0.25) is 0 Å². The van der Waals surface area contributed by atoms with E-state index in [4.69, 9.17) is 0 Å². The van der Waals surface area contributed by atoms with Gasteiger partial charge >= 0.3 is 0 Å². The molecule has 0 aliphatic heterocycles. The predicted octanol–water partition coefficient (Wildman–Crippen LogP) is 2.43. The van der Waals surface area contributed by atoms with Gasteiger partial charge in [0.1, 0.15) is 13.8 Å². The summed E-state index contributed by atoms with van der Waals surface area (Å²) in [6.07, 6.45) is 0.634. The molecule has 2 nitrogen and oxygen atoms in total. The topological polar surface area (TPSA) is 37.3 Å². The second-order valence-corrected chi connectivity index (χ2v) is 9.14. The summed E-state index contributed by atoms with van der Waals surface area (Å²) in [5.41, 5.74) is 4.26. The monoisotopic (exact) mass is 218 g/mol. The van der Waals surface area contributed by atoms with Crippen molar-refractivity contribution in [1.29, 1.82) is 0 Å². The minimum Gasteiger partial charge on any atom is -0.507 e. The summed E-state index contributed by atoms with van der Waals surface area (Å²) in [7, 11) is -1.39. The Bertz CT molecular complexity index is 433. The first-order valence-corrected chi connectivity index (χ1v) is 8.24. The lowest BCUT2D eigenvalue weighted by Crippen LogP contribution is -2.16. The van der Waals surface area contributed by atoms with Crippen LogP contribution in [0, 0.1) is 11.5 Å². The summed E-state index contributed by atoms with van der Waals surface area (Å²) in [4.78, 5) is 10.6. The van der Waals surface area contributed by atoms with E-state index in [1.54, 1.807) is 12.1 Å². The first-order chi connectivity index (χ1) is 6.92. The molecule has 1 aromatic rings. The van der Waals surface area contributed by atoms with Crippen LogP contribution < -0.4 is 0 Å². The van der Waals surface area contributed by atoms with E-state index in [9.17, 15) is 9.90 Å². The van der Waals surface area contributed by atoms with Crippen molar-refractivity contribution in [3.8, 4) is 17.2 Å². The fourth-order valence-electron chi connectivity index (χ4n) is 0.986. The van der Waals surface area contributed by atoms with E-state index in [2.05, 4.69) is 31.1 Å². The van der Waals surface area contributed by atoms with Crippen LogP contribution >= 0.6 is 0 Å². The maximum absolute atomic E-state index is 10.6. The maximum atomic E-state index is 10.6. The molecule has 0 saturated carbocycles. The highest BCUT2D eigenvalue weighted by Crippen LogP contribution is 2.15. The molecular formula is C12H14O2Si. The normalized spacial score (nSPS) is 10.3. The second kappa shape index (κ2) is 4.33. The molecule has 1 N–H and O–H groups in total. The molecule has 0 amide bonds. The van der Waals surface area contributed by atoms with Gasteiger partial charge in [0, 0.05) is 5.56 Å². The molecule has 0 saturated heterocycles. The zero-order valence-corrected chi connectivity index (χ0v) is 10.2. The number of phenolic OH excluding ortho intramolecular Hbond substituents is 1. The fraction of sp³-hybridized carbons (Fsp3) is 0.250. The lowest BCUT2D eigenvalue weighted by Gasteiger charge is -2.03. The van der Waals surface area contributed by atoms with Crippen LogP contribution in [0.5, 0.6) is 5.75 Å². The van der Waals surface area contributed by atoms with Gasteiger partial charge < -0.3 is 5.11 Å². The van der Waals surface area contributed by atoms with Gasteiger partial charge in [-0.2, -0.15) is 0 Å². The number of aldehydes is 1. The zero-order chi connectivity index (χ0) is 11.5. The van der Waals surface area contributed by atoms with Crippen LogP contribution in [0.15, 0.2) is 18.2 Å². The smallest absolute Gasteiger partial charge is 0.153 e. The van der Waals surface area contributed by atoms with Crippen molar-refractivity contribution in [1.82, 2.24) is 0 Å². The van der Waals surface area contributed by atoms with Crippen LogP contribution in [-0.2, 0) is 0 Å². The number of carbonyl (C=O) groups is 1. The highest BCUT2D eigenvalue weighted by atomic mass is 28.3. The molecule has 0 aromatic heterocycles. The van der Waals surface area contributed by atoms with Crippen molar-refractivity contribution in [2.24, 2.45) is 0 Å². The molecule has 3 heteroatoms. The third kappa shape index (κ3) is 3.60. The standard InChI is InChI=1S/C12H14O2Si/c1-15(2,3)7-6-10-4-5-12(14)11(8-10)9-13/h4-5,8-9,14H,1-3H3. The molecular weight excluding hydrogens is 204 g/mol. The van der Waals surface area contributed by atoms with Gasteiger partial charge in [-0.1, -0.05) is 25.6 Å². The average molecular weight is 218 g/mol. The number of rotatable bonds is 1. The Morgan fingerprint density at radius 1 is 1.33 bits per heavy atom. The Labute approximate surface area is 91.0 Å². The highest BCUT2D eigenvalue weighted by molar-refractivity contribution is 6.83. The van der Waals surface area contributed by atoms with Crippen molar-refractivity contribution in [2.45, 2.75) is 19.6 Å². The molecule has 0 aliphatic carbocycles. The first-order valence-electron chi connectivity index (χ1n) is 4.74. The average Bonchev–Trinajstić information content (AvgIpc) is 2.15. The molecule has 1 rings (SSSR count). The summed E-state index contributed by atoms with van der Waals surface area (Å²) in [6.45, 7) is 6.46. The minimum absolute atomic E-state index is 0.00329. The third-order valence-corrected chi connectivity index (χ3v) is 2.61. The molecule has 0 radical (unpaired) electrons. The van der Waals surface area contributed by atoms with Crippen LogP contribution in [0.3, 0.4) is 0 Å². The van der Waals surface area contributed by atoms with Crippen LogP contribution in [0.25, 0.3) is 0 Å². The SMILES string of the molecule is C[Si](C)(C)C#Cc1ccc(O)c(C=O)c1. The molecule has 0 atom stereocenters. The lowest BCUT2D eigenvalue weighted by molar-refractivity contribution is 0.112. The van der Waals surface area contributed by atoms with Gasteiger partial charge in [-0.25, -0.2) is 0 Å². The first kappa shape index (κ1) is 11.5. The van der Waals surface area contributed by atoms with Crippen molar-refractivity contribution in [2.75, 3.05) is 0 Å². The molecule has 0 aliphatic rings. The van der Waals surface area contributed by atoms with E-state index >= 15 is 0 Å². The molecule has 0 spiro atoms. The van der Waals surface area contributed by atoms with Crippen molar-refractivity contribution >= 4 is 14.4 Å². The maximum Gasteiger partial charge on any atom is 0.153 e. The van der Waals surface area contributed by atoms with Crippen molar-refractivity contribution < 1.29 is 9.90 Å². The Morgan fingerprint density at radius 2 is 2.00 bits per heavy atom. The highest BCUT2D eigenvalue weighted by Gasteiger charge is 2.07. The number of hydrogen-bond donors (Lipinski definition) is 1. The van der Waals surface area contributed by atoms with Gasteiger partial charge in [0.05, 0.1) is 5.56 Å². The van der Waals surface area contributed by atoms with Gasteiger partial charge in [0.15, 0.2) is 6.29 Å². The number of hydrogen-bond acceptors (Lipinski definition) is 2. The number of carbonyl (C=O) groups excluding carboxylic acids is 1. The Kier molecular flexibility index (Phi) is 3.33.